The number of carbonyl (C=O) groups excluding carboxylic acids is 1. The largest absolute Gasteiger partial charge is 0.481 e. The van der Waals surface area contributed by atoms with Gasteiger partial charge >= 0.3 is 5.97 Å². The van der Waals surface area contributed by atoms with Gasteiger partial charge in [-0.2, -0.15) is 5.10 Å². The molecule has 0 fully saturated rings. The van der Waals surface area contributed by atoms with E-state index in [-0.39, 0.29) is 12.3 Å². The van der Waals surface area contributed by atoms with Crippen molar-refractivity contribution in [3.05, 3.63) is 18.0 Å². The second kappa shape index (κ2) is 4.99. The molecule has 1 rings (SSSR count). The van der Waals surface area contributed by atoms with Crippen molar-refractivity contribution in [2.45, 2.75) is 32.2 Å². The fourth-order valence-corrected chi connectivity index (χ4v) is 1.39. The fraction of sp³-hybridized carbons (Fsp3) is 0.545. The summed E-state index contributed by atoms with van der Waals surface area (Å²) in [5.74, 6) is -1.16. The van der Waals surface area contributed by atoms with Crippen molar-refractivity contribution >= 4 is 11.9 Å². The molecule has 0 aliphatic heterocycles. The SMILES string of the molecule is Cn1ccc(C(=O)NC(C)(C)CCC(=O)O)n1. The van der Waals surface area contributed by atoms with Gasteiger partial charge in [-0.1, -0.05) is 0 Å². The number of rotatable bonds is 5. The number of nitrogens with one attached hydrogen (secondary N) is 1. The van der Waals surface area contributed by atoms with Gasteiger partial charge < -0.3 is 10.4 Å². The van der Waals surface area contributed by atoms with E-state index in [1.54, 1.807) is 37.8 Å². The molecule has 0 atom stereocenters. The lowest BCUT2D eigenvalue weighted by Gasteiger charge is -2.25. The molecule has 0 aliphatic carbocycles. The number of aliphatic carboxylic acids is 1. The summed E-state index contributed by atoms with van der Waals surface area (Å²) in [6, 6.07) is 1.61. The topological polar surface area (TPSA) is 84.2 Å². The van der Waals surface area contributed by atoms with E-state index in [1.165, 1.54) is 0 Å². The molecule has 2 N–H and O–H groups in total. The summed E-state index contributed by atoms with van der Waals surface area (Å²) in [4.78, 5) is 22.3. The molecule has 1 aromatic rings. The van der Waals surface area contributed by atoms with E-state index in [0.717, 1.165) is 0 Å². The zero-order chi connectivity index (χ0) is 13.1. The maximum absolute atomic E-state index is 11.8. The Kier molecular flexibility index (Phi) is 3.88. The van der Waals surface area contributed by atoms with Crippen molar-refractivity contribution in [2.75, 3.05) is 0 Å². The summed E-state index contributed by atoms with van der Waals surface area (Å²) < 4.78 is 1.54. The number of carboxylic acid groups (broad SMARTS) is 1. The van der Waals surface area contributed by atoms with Gasteiger partial charge in [0.25, 0.3) is 5.91 Å². The van der Waals surface area contributed by atoms with E-state index in [2.05, 4.69) is 10.4 Å². The Morgan fingerprint density at radius 2 is 2.18 bits per heavy atom. The predicted molar refractivity (Wildman–Crippen MR) is 61.6 cm³/mol. The summed E-state index contributed by atoms with van der Waals surface area (Å²) in [5.41, 5.74) is -0.233. The molecule has 6 heteroatoms. The van der Waals surface area contributed by atoms with Gasteiger partial charge in [-0.3, -0.25) is 14.3 Å². The number of nitrogens with zero attached hydrogens (tertiary/aromatic N) is 2. The number of aromatic nitrogens is 2. The lowest BCUT2D eigenvalue weighted by atomic mass is 9.98. The van der Waals surface area contributed by atoms with Crippen LogP contribution in [0, 0.1) is 0 Å². The average molecular weight is 239 g/mol. The quantitative estimate of drug-likeness (QED) is 0.795. The molecule has 0 radical (unpaired) electrons. The molecule has 94 valence electrons. The summed E-state index contributed by atoms with van der Waals surface area (Å²) in [5, 5.41) is 15.3. The van der Waals surface area contributed by atoms with Crippen molar-refractivity contribution in [3.8, 4) is 0 Å². The second-order valence-electron chi connectivity index (χ2n) is 4.61. The molecule has 0 saturated heterocycles. The lowest BCUT2D eigenvalue weighted by molar-refractivity contribution is -0.137. The molecule has 0 unspecified atom stereocenters. The first kappa shape index (κ1) is 13.2. The number of carboxylic acids is 1. The third kappa shape index (κ3) is 4.26. The van der Waals surface area contributed by atoms with Crippen molar-refractivity contribution in [1.29, 1.82) is 0 Å². The highest BCUT2D eigenvalue weighted by Gasteiger charge is 2.23. The fourth-order valence-electron chi connectivity index (χ4n) is 1.39. The van der Waals surface area contributed by atoms with Crippen LogP contribution in [0.5, 0.6) is 0 Å². The van der Waals surface area contributed by atoms with Gasteiger partial charge in [0, 0.05) is 25.2 Å². The summed E-state index contributed by atoms with van der Waals surface area (Å²) >= 11 is 0. The van der Waals surface area contributed by atoms with Gasteiger partial charge in [0.15, 0.2) is 0 Å². The van der Waals surface area contributed by atoms with Crippen LogP contribution in [0.3, 0.4) is 0 Å². The van der Waals surface area contributed by atoms with E-state index in [9.17, 15) is 9.59 Å². The van der Waals surface area contributed by atoms with Crippen molar-refractivity contribution in [2.24, 2.45) is 7.05 Å². The molecule has 0 aliphatic rings. The molecular formula is C11H17N3O3. The third-order valence-corrected chi connectivity index (χ3v) is 2.36. The Hall–Kier alpha value is -1.85. The Labute approximate surface area is 99.6 Å². The van der Waals surface area contributed by atoms with Crippen LogP contribution in [0.2, 0.25) is 0 Å². The van der Waals surface area contributed by atoms with Crippen LogP contribution in [0.15, 0.2) is 12.3 Å². The Bertz CT molecular complexity index is 423. The van der Waals surface area contributed by atoms with Crippen molar-refractivity contribution in [3.63, 3.8) is 0 Å². The van der Waals surface area contributed by atoms with E-state index in [4.69, 9.17) is 5.11 Å². The average Bonchev–Trinajstić information content (AvgIpc) is 2.61. The molecule has 0 spiro atoms. The zero-order valence-corrected chi connectivity index (χ0v) is 10.2. The number of carbonyl (C=O) groups is 2. The minimum absolute atomic E-state index is 0.0233. The third-order valence-electron chi connectivity index (χ3n) is 2.36. The van der Waals surface area contributed by atoms with Crippen LogP contribution in [0.25, 0.3) is 0 Å². The van der Waals surface area contributed by atoms with Crippen molar-refractivity contribution in [1.82, 2.24) is 15.1 Å². The molecule has 1 aromatic heterocycles. The van der Waals surface area contributed by atoms with E-state index < -0.39 is 11.5 Å². The highest BCUT2D eigenvalue weighted by atomic mass is 16.4. The standard InChI is InChI=1S/C11H17N3O3/c1-11(2,6-4-9(15)16)12-10(17)8-5-7-14(3)13-8/h5,7H,4,6H2,1-3H3,(H,12,17)(H,15,16). The van der Waals surface area contributed by atoms with E-state index in [0.29, 0.717) is 12.1 Å². The molecule has 1 heterocycles. The monoisotopic (exact) mass is 239 g/mol. The first-order valence-corrected chi connectivity index (χ1v) is 5.34. The number of hydrogen-bond donors (Lipinski definition) is 2. The maximum Gasteiger partial charge on any atom is 0.303 e. The van der Waals surface area contributed by atoms with Crippen LogP contribution in [0.4, 0.5) is 0 Å². The lowest BCUT2D eigenvalue weighted by Crippen LogP contribution is -2.43. The van der Waals surface area contributed by atoms with Gasteiger partial charge in [0.1, 0.15) is 5.69 Å². The zero-order valence-electron chi connectivity index (χ0n) is 10.2. The van der Waals surface area contributed by atoms with E-state index in [1.807, 2.05) is 0 Å². The van der Waals surface area contributed by atoms with Gasteiger partial charge in [-0.15, -0.1) is 0 Å². The smallest absolute Gasteiger partial charge is 0.303 e. The van der Waals surface area contributed by atoms with Crippen LogP contribution in [-0.4, -0.2) is 32.3 Å². The number of aryl methyl sites for hydroxylation is 1. The van der Waals surface area contributed by atoms with E-state index >= 15 is 0 Å². The maximum atomic E-state index is 11.8. The Balaban J connectivity index is 2.58. The molecule has 6 nitrogen and oxygen atoms in total. The van der Waals surface area contributed by atoms with Gasteiger partial charge in [0.2, 0.25) is 0 Å². The first-order chi connectivity index (χ1) is 7.80. The number of hydrogen-bond acceptors (Lipinski definition) is 3. The Morgan fingerprint density at radius 1 is 1.53 bits per heavy atom. The molecular weight excluding hydrogens is 222 g/mol. The molecule has 0 saturated carbocycles. The first-order valence-electron chi connectivity index (χ1n) is 5.34. The molecule has 17 heavy (non-hydrogen) atoms. The van der Waals surface area contributed by atoms with Gasteiger partial charge in [-0.25, -0.2) is 0 Å². The number of amides is 1. The molecule has 1 amide bonds. The second-order valence-corrected chi connectivity index (χ2v) is 4.61. The highest BCUT2D eigenvalue weighted by Crippen LogP contribution is 2.12. The predicted octanol–water partition coefficient (Wildman–Crippen LogP) is 0.793. The normalized spacial score (nSPS) is 11.2. The summed E-state index contributed by atoms with van der Waals surface area (Å²) in [7, 11) is 1.73. The summed E-state index contributed by atoms with van der Waals surface area (Å²) in [6.45, 7) is 3.58. The van der Waals surface area contributed by atoms with Gasteiger partial charge in [0.05, 0.1) is 0 Å². The van der Waals surface area contributed by atoms with Gasteiger partial charge in [-0.05, 0) is 26.3 Å². The summed E-state index contributed by atoms with van der Waals surface area (Å²) in [6.07, 6.45) is 2.08. The van der Waals surface area contributed by atoms with Crippen molar-refractivity contribution < 1.29 is 14.7 Å². The van der Waals surface area contributed by atoms with Crippen LogP contribution < -0.4 is 5.32 Å². The minimum atomic E-state index is -0.870. The van der Waals surface area contributed by atoms with Crippen LogP contribution in [-0.2, 0) is 11.8 Å². The van der Waals surface area contributed by atoms with Crippen LogP contribution >= 0.6 is 0 Å². The molecule has 0 bridgehead atoms. The highest BCUT2D eigenvalue weighted by molar-refractivity contribution is 5.92. The minimum Gasteiger partial charge on any atom is -0.481 e. The van der Waals surface area contributed by atoms with Crippen LogP contribution in [0.1, 0.15) is 37.2 Å². The molecule has 0 aromatic carbocycles. The Morgan fingerprint density at radius 3 is 2.65 bits per heavy atom.